The normalized spacial score (nSPS) is 14.2. The summed E-state index contributed by atoms with van der Waals surface area (Å²) in [4.78, 5) is 25.7. The molecule has 0 saturated heterocycles. The molecule has 4 rings (SSSR count). The quantitative estimate of drug-likeness (QED) is 0.532. The molecule has 2 amide bonds. The van der Waals surface area contributed by atoms with Crippen LogP contribution in [-0.4, -0.2) is 36.9 Å². The maximum absolute atomic E-state index is 12.3. The van der Waals surface area contributed by atoms with E-state index in [0.29, 0.717) is 23.5 Å². The summed E-state index contributed by atoms with van der Waals surface area (Å²) >= 11 is 0. The Labute approximate surface area is 199 Å². The van der Waals surface area contributed by atoms with Gasteiger partial charge >= 0.3 is 0 Å². The standard InChI is InChI=1S/C26H25N3O3.ClH/c1-29(2)26(31)23(27)16-18-9-13-20(14-10-18)32-19-11-7-17(8-12-19)15-22-21-5-3-4-6-24(21)28-25(22)30;/h3-15,23H,16,27H2,1-2H3,(H,28,30);1H/b22-15-;. The Morgan fingerprint density at radius 1 is 1.00 bits per heavy atom. The van der Waals surface area contributed by atoms with Crippen LogP contribution in [0.3, 0.4) is 0 Å². The zero-order chi connectivity index (χ0) is 22.7. The molecular weight excluding hydrogens is 438 g/mol. The Morgan fingerprint density at radius 2 is 1.61 bits per heavy atom. The third kappa shape index (κ3) is 5.61. The maximum atomic E-state index is 12.3. The molecule has 0 aliphatic carbocycles. The molecule has 0 saturated carbocycles. The molecule has 1 aliphatic heterocycles. The monoisotopic (exact) mass is 463 g/mol. The highest BCUT2D eigenvalue weighted by atomic mass is 35.5. The first-order valence-corrected chi connectivity index (χ1v) is 10.4. The van der Waals surface area contributed by atoms with Gasteiger partial charge in [-0.05, 0) is 54.0 Å². The van der Waals surface area contributed by atoms with Gasteiger partial charge in [-0.3, -0.25) is 9.59 Å². The van der Waals surface area contributed by atoms with Crippen LogP contribution in [0.25, 0.3) is 11.6 Å². The second-order valence-corrected chi connectivity index (χ2v) is 7.92. The second kappa shape index (κ2) is 10.3. The number of fused-ring (bicyclic) bond motifs is 1. The molecule has 0 spiro atoms. The number of halogens is 1. The van der Waals surface area contributed by atoms with Gasteiger partial charge in [-0.1, -0.05) is 42.5 Å². The number of carbonyl (C=O) groups is 2. The topological polar surface area (TPSA) is 84.7 Å². The van der Waals surface area contributed by atoms with Crippen LogP contribution in [0.2, 0.25) is 0 Å². The van der Waals surface area contributed by atoms with E-state index in [1.807, 2.05) is 78.9 Å². The van der Waals surface area contributed by atoms with Crippen molar-refractivity contribution in [1.29, 1.82) is 0 Å². The van der Waals surface area contributed by atoms with E-state index >= 15 is 0 Å². The van der Waals surface area contributed by atoms with Crippen LogP contribution in [-0.2, 0) is 16.0 Å². The van der Waals surface area contributed by atoms with Crippen molar-refractivity contribution in [3.8, 4) is 11.5 Å². The highest BCUT2D eigenvalue weighted by Gasteiger charge is 2.23. The number of carbonyl (C=O) groups excluding carboxylic acids is 2. The van der Waals surface area contributed by atoms with Gasteiger partial charge in [0, 0.05) is 30.9 Å². The van der Waals surface area contributed by atoms with Crippen LogP contribution in [0, 0.1) is 0 Å². The van der Waals surface area contributed by atoms with Gasteiger partial charge in [-0.25, -0.2) is 0 Å². The predicted molar refractivity (Wildman–Crippen MR) is 134 cm³/mol. The minimum absolute atomic E-state index is 0. The van der Waals surface area contributed by atoms with Gasteiger partial charge in [0.15, 0.2) is 0 Å². The lowest BCUT2D eigenvalue weighted by molar-refractivity contribution is -0.130. The van der Waals surface area contributed by atoms with E-state index < -0.39 is 6.04 Å². The van der Waals surface area contributed by atoms with E-state index in [-0.39, 0.29) is 24.2 Å². The average molecular weight is 464 g/mol. The number of ether oxygens (including phenoxy) is 1. The van der Waals surface area contributed by atoms with Crippen LogP contribution in [0.4, 0.5) is 5.69 Å². The van der Waals surface area contributed by atoms with Gasteiger partial charge in [0.25, 0.3) is 5.91 Å². The minimum atomic E-state index is -0.563. The lowest BCUT2D eigenvalue weighted by Gasteiger charge is -2.16. The molecule has 0 fully saturated rings. The van der Waals surface area contributed by atoms with E-state index in [9.17, 15) is 9.59 Å². The van der Waals surface area contributed by atoms with Crippen molar-refractivity contribution in [3.63, 3.8) is 0 Å². The summed E-state index contributed by atoms with van der Waals surface area (Å²) in [6, 6.07) is 22.2. The van der Waals surface area contributed by atoms with Gasteiger partial charge in [-0.2, -0.15) is 0 Å². The fraction of sp³-hybridized carbons (Fsp3) is 0.154. The first kappa shape index (κ1) is 24.0. The molecule has 1 atom stereocenters. The number of nitrogens with two attached hydrogens (primary N) is 1. The third-order valence-corrected chi connectivity index (χ3v) is 5.27. The zero-order valence-corrected chi connectivity index (χ0v) is 19.3. The Morgan fingerprint density at radius 3 is 2.24 bits per heavy atom. The van der Waals surface area contributed by atoms with Crippen LogP contribution in [0.15, 0.2) is 72.8 Å². The molecule has 0 radical (unpaired) electrons. The van der Waals surface area contributed by atoms with Crippen molar-refractivity contribution in [3.05, 3.63) is 89.5 Å². The number of nitrogens with one attached hydrogen (secondary N) is 1. The first-order chi connectivity index (χ1) is 15.4. The molecular formula is C26H26ClN3O3. The first-order valence-electron chi connectivity index (χ1n) is 10.4. The number of hydrogen-bond donors (Lipinski definition) is 2. The van der Waals surface area contributed by atoms with Gasteiger partial charge in [0.05, 0.1) is 6.04 Å². The van der Waals surface area contributed by atoms with Crippen LogP contribution in [0.1, 0.15) is 16.7 Å². The highest BCUT2D eigenvalue weighted by Crippen LogP contribution is 2.33. The number of para-hydroxylation sites is 1. The Bertz CT molecular complexity index is 1170. The molecule has 0 aromatic heterocycles. The summed E-state index contributed by atoms with van der Waals surface area (Å²) in [6.07, 6.45) is 2.34. The number of anilines is 1. The van der Waals surface area contributed by atoms with Gasteiger partial charge in [-0.15, -0.1) is 12.4 Å². The van der Waals surface area contributed by atoms with E-state index in [4.69, 9.17) is 10.5 Å². The largest absolute Gasteiger partial charge is 0.457 e. The number of amides is 2. The van der Waals surface area contributed by atoms with Crippen molar-refractivity contribution >= 4 is 41.6 Å². The SMILES string of the molecule is CN(C)C(=O)C(N)Cc1ccc(Oc2ccc(/C=C3\C(=O)Nc4ccccc43)cc2)cc1.Cl. The third-order valence-electron chi connectivity index (χ3n) is 5.27. The summed E-state index contributed by atoms with van der Waals surface area (Å²) in [5.41, 5.74) is 10.2. The number of likely N-dealkylation sites (N-methyl/N-ethyl adjacent to an activating group) is 1. The number of rotatable bonds is 6. The molecule has 6 nitrogen and oxygen atoms in total. The van der Waals surface area contributed by atoms with E-state index in [1.54, 1.807) is 14.1 Å². The van der Waals surface area contributed by atoms with Gasteiger partial charge in [0.2, 0.25) is 5.91 Å². The molecule has 1 heterocycles. The van der Waals surface area contributed by atoms with Crippen molar-refractivity contribution in [1.82, 2.24) is 4.90 Å². The average Bonchev–Trinajstić information content (AvgIpc) is 3.10. The smallest absolute Gasteiger partial charge is 0.256 e. The van der Waals surface area contributed by atoms with Crippen LogP contribution in [0.5, 0.6) is 11.5 Å². The summed E-state index contributed by atoms with van der Waals surface area (Å²) < 4.78 is 5.92. The Hall–Kier alpha value is -3.61. The molecule has 3 aromatic carbocycles. The van der Waals surface area contributed by atoms with Crippen molar-refractivity contribution in [2.24, 2.45) is 5.73 Å². The zero-order valence-electron chi connectivity index (χ0n) is 18.4. The minimum Gasteiger partial charge on any atom is -0.457 e. The molecule has 1 unspecified atom stereocenters. The second-order valence-electron chi connectivity index (χ2n) is 7.92. The predicted octanol–water partition coefficient (Wildman–Crippen LogP) is 4.35. The lowest BCUT2D eigenvalue weighted by atomic mass is 10.0. The summed E-state index contributed by atoms with van der Waals surface area (Å²) in [6.45, 7) is 0. The molecule has 1 aliphatic rings. The molecule has 7 heteroatoms. The van der Waals surface area contributed by atoms with E-state index in [0.717, 1.165) is 22.4 Å². The Balaban J connectivity index is 0.00000306. The number of hydrogen-bond acceptors (Lipinski definition) is 4. The van der Waals surface area contributed by atoms with Crippen LogP contribution < -0.4 is 15.8 Å². The van der Waals surface area contributed by atoms with Crippen molar-refractivity contribution in [2.45, 2.75) is 12.5 Å². The van der Waals surface area contributed by atoms with Gasteiger partial charge < -0.3 is 20.7 Å². The summed E-state index contributed by atoms with van der Waals surface area (Å²) in [5, 5.41) is 2.88. The maximum Gasteiger partial charge on any atom is 0.256 e. The molecule has 33 heavy (non-hydrogen) atoms. The molecule has 3 aromatic rings. The summed E-state index contributed by atoms with van der Waals surface area (Å²) in [7, 11) is 3.39. The van der Waals surface area contributed by atoms with Crippen LogP contribution >= 0.6 is 12.4 Å². The van der Waals surface area contributed by atoms with Gasteiger partial charge in [0.1, 0.15) is 11.5 Å². The molecule has 0 bridgehead atoms. The Kier molecular flexibility index (Phi) is 7.53. The molecule has 3 N–H and O–H groups in total. The molecule has 170 valence electrons. The highest BCUT2D eigenvalue weighted by molar-refractivity contribution is 6.34. The summed E-state index contributed by atoms with van der Waals surface area (Å²) in [5.74, 6) is 1.18. The van der Waals surface area contributed by atoms with Crippen molar-refractivity contribution in [2.75, 3.05) is 19.4 Å². The van der Waals surface area contributed by atoms with E-state index in [1.165, 1.54) is 4.90 Å². The number of benzene rings is 3. The van der Waals surface area contributed by atoms with E-state index in [2.05, 4.69) is 5.32 Å². The number of nitrogens with zero attached hydrogens (tertiary/aromatic N) is 1. The fourth-order valence-corrected chi connectivity index (χ4v) is 3.58. The van der Waals surface area contributed by atoms with Crippen molar-refractivity contribution < 1.29 is 14.3 Å². The fourth-order valence-electron chi connectivity index (χ4n) is 3.58. The lowest BCUT2D eigenvalue weighted by Crippen LogP contribution is -2.41.